The molecule has 266 valence electrons. The standard InChI is InChI=1S/C54H34N2O/c1-3-15-35(16-4-1)37-29-31-49-45(33-37)46-34-38(30-32-50(46)55(49)47-25-10-7-19-39(47)36-17-5-2-6-18-36)40-22-13-23-43-41-20-8-11-26-48(41)56(53(40)43)51-27-14-24-44-42-21-9-12-28-52(42)57-54(44)51/h1-34H. The van der Waals surface area contributed by atoms with Gasteiger partial charge in [0, 0.05) is 43.4 Å². The summed E-state index contributed by atoms with van der Waals surface area (Å²) in [6, 6.07) is 74.5. The average Bonchev–Trinajstić information content (AvgIpc) is 3.94. The predicted octanol–water partition coefficient (Wildman–Crippen LogP) is 14.8. The first-order valence-corrected chi connectivity index (χ1v) is 19.5. The zero-order valence-electron chi connectivity index (χ0n) is 30.9. The summed E-state index contributed by atoms with van der Waals surface area (Å²) in [5.41, 5.74) is 15.8. The zero-order valence-corrected chi connectivity index (χ0v) is 30.9. The molecule has 12 rings (SSSR count). The minimum absolute atomic E-state index is 0.889. The molecule has 0 radical (unpaired) electrons. The molecule has 0 aliphatic heterocycles. The van der Waals surface area contributed by atoms with Gasteiger partial charge in [0.2, 0.25) is 0 Å². The Balaban J connectivity index is 1.16. The molecule has 9 aromatic carbocycles. The van der Waals surface area contributed by atoms with Crippen LogP contribution in [-0.2, 0) is 0 Å². The molecule has 57 heavy (non-hydrogen) atoms. The first kappa shape index (κ1) is 31.7. The lowest BCUT2D eigenvalue weighted by atomic mass is 9.98. The summed E-state index contributed by atoms with van der Waals surface area (Å²) >= 11 is 0. The van der Waals surface area contributed by atoms with Crippen LogP contribution in [0.3, 0.4) is 0 Å². The number of furan rings is 1. The van der Waals surface area contributed by atoms with Crippen molar-refractivity contribution in [3.05, 3.63) is 206 Å². The van der Waals surface area contributed by atoms with Gasteiger partial charge in [0.25, 0.3) is 0 Å². The minimum Gasteiger partial charge on any atom is -0.454 e. The molecule has 0 spiro atoms. The molecule has 3 nitrogen and oxygen atoms in total. The van der Waals surface area contributed by atoms with Gasteiger partial charge in [-0.2, -0.15) is 0 Å². The highest BCUT2D eigenvalue weighted by atomic mass is 16.3. The predicted molar refractivity (Wildman–Crippen MR) is 239 cm³/mol. The van der Waals surface area contributed by atoms with E-state index in [1.165, 1.54) is 60.4 Å². The number of hydrogen-bond acceptors (Lipinski definition) is 1. The molecule has 0 atom stereocenters. The Morgan fingerprint density at radius 3 is 1.68 bits per heavy atom. The van der Waals surface area contributed by atoms with Crippen LogP contribution in [0.25, 0.3) is 110 Å². The molecule has 0 aliphatic carbocycles. The van der Waals surface area contributed by atoms with Crippen LogP contribution >= 0.6 is 0 Å². The Bertz CT molecular complexity index is 3510. The Morgan fingerprint density at radius 1 is 0.298 bits per heavy atom. The molecular weight excluding hydrogens is 693 g/mol. The van der Waals surface area contributed by atoms with Gasteiger partial charge in [0.05, 0.1) is 33.4 Å². The topological polar surface area (TPSA) is 23.0 Å². The number of nitrogens with zero attached hydrogens (tertiary/aromatic N) is 2. The van der Waals surface area contributed by atoms with Crippen LogP contribution in [0, 0.1) is 0 Å². The molecule has 3 heteroatoms. The lowest BCUT2D eigenvalue weighted by molar-refractivity contribution is 0.666. The maximum Gasteiger partial charge on any atom is 0.159 e. The van der Waals surface area contributed by atoms with Crippen molar-refractivity contribution in [1.29, 1.82) is 0 Å². The second kappa shape index (κ2) is 12.5. The van der Waals surface area contributed by atoms with Crippen molar-refractivity contribution in [3.8, 4) is 44.8 Å². The van der Waals surface area contributed by atoms with Crippen LogP contribution in [0.2, 0.25) is 0 Å². The Labute approximate surface area is 328 Å². The summed E-state index contributed by atoms with van der Waals surface area (Å²) in [7, 11) is 0. The van der Waals surface area contributed by atoms with Crippen molar-refractivity contribution in [2.45, 2.75) is 0 Å². The van der Waals surface area contributed by atoms with Gasteiger partial charge in [0.15, 0.2) is 5.58 Å². The molecule has 0 amide bonds. The fourth-order valence-corrected chi connectivity index (χ4v) is 9.20. The van der Waals surface area contributed by atoms with Crippen LogP contribution in [-0.4, -0.2) is 9.13 Å². The number of aromatic nitrogens is 2. The third-order valence-electron chi connectivity index (χ3n) is 11.7. The smallest absolute Gasteiger partial charge is 0.159 e. The van der Waals surface area contributed by atoms with Crippen LogP contribution in [0.5, 0.6) is 0 Å². The van der Waals surface area contributed by atoms with Gasteiger partial charge in [-0.25, -0.2) is 0 Å². The summed E-state index contributed by atoms with van der Waals surface area (Å²) in [4.78, 5) is 0. The normalized spacial score (nSPS) is 11.9. The van der Waals surface area contributed by atoms with Gasteiger partial charge in [-0.05, 0) is 70.8 Å². The van der Waals surface area contributed by atoms with Crippen molar-refractivity contribution in [1.82, 2.24) is 9.13 Å². The first-order chi connectivity index (χ1) is 28.3. The van der Waals surface area contributed by atoms with Crippen molar-refractivity contribution >= 4 is 65.6 Å². The summed E-state index contributed by atoms with van der Waals surface area (Å²) in [5, 5.41) is 7.09. The summed E-state index contributed by atoms with van der Waals surface area (Å²) in [6.07, 6.45) is 0. The minimum atomic E-state index is 0.889. The van der Waals surface area contributed by atoms with Crippen LogP contribution in [0.4, 0.5) is 0 Å². The van der Waals surface area contributed by atoms with Gasteiger partial charge >= 0.3 is 0 Å². The molecule has 0 saturated carbocycles. The van der Waals surface area contributed by atoms with Gasteiger partial charge in [-0.15, -0.1) is 0 Å². The highest BCUT2D eigenvalue weighted by Gasteiger charge is 2.22. The molecule has 0 bridgehead atoms. The molecule has 0 N–H and O–H groups in total. The number of rotatable bonds is 5. The lowest BCUT2D eigenvalue weighted by Gasteiger charge is -2.15. The Morgan fingerprint density at radius 2 is 0.860 bits per heavy atom. The SMILES string of the molecule is c1ccc(-c2ccc3c(c2)c2cc(-c4cccc5c6ccccc6n(-c6cccc7c6oc6ccccc67)c45)ccc2n3-c2ccccc2-c2ccccc2)cc1. The summed E-state index contributed by atoms with van der Waals surface area (Å²) in [5.74, 6) is 0. The molecule has 0 saturated heterocycles. The maximum absolute atomic E-state index is 6.67. The van der Waals surface area contributed by atoms with E-state index in [9.17, 15) is 0 Å². The van der Waals surface area contributed by atoms with E-state index in [1.54, 1.807) is 0 Å². The summed E-state index contributed by atoms with van der Waals surface area (Å²) in [6.45, 7) is 0. The maximum atomic E-state index is 6.67. The number of fused-ring (bicyclic) bond motifs is 9. The van der Waals surface area contributed by atoms with E-state index in [4.69, 9.17) is 4.42 Å². The molecule has 12 aromatic rings. The van der Waals surface area contributed by atoms with E-state index >= 15 is 0 Å². The summed E-state index contributed by atoms with van der Waals surface area (Å²) < 4.78 is 11.5. The Kier molecular flexibility index (Phi) is 6.93. The number of para-hydroxylation sites is 5. The van der Waals surface area contributed by atoms with Gasteiger partial charge in [-0.1, -0.05) is 158 Å². The molecule has 0 unspecified atom stereocenters. The molecule has 3 heterocycles. The van der Waals surface area contributed by atoms with E-state index in [2.05, 4.69) is 209 Å². The second-order valence-electron chi connectivity index (χ2n) is 14.9. The number of benzene rings is 9. The average molecular weight is 727 g/mol. The van der Waals surface area contributed by atoms with Crippen LogP contribution < -0.4 is 0 Å². The van der Waals surface area contributed by atoms with Crippen LogP contribution in [0.1, 0.15) is 0 Å². The van der Waals surface area contributed by atoms with Gasteiger partial charge in [0.1, 0.15) is 5.58 Å². The third-order valence-corrected chi connectivity index (χ3v) is 11.7. The molecule has 0 fully saturated rings. The molecule has 0 aliphatic rings. The van der Waals surface area contributed by atoms with Crippen molar-refractivity contribution in [2.75, 3.05) is 0 Å². The van der Waals surface area contributed by atoms with Crippen LogP contribution in [0.15, 0.2) is 211 Å². The largest absolute Gasteiger partial charge is 0.454 e. The third kappa shape index (κ3) is 4.79. The fourth-order valence-electron chi connectivity index (χ4n) is 9.20. The first-order valence-electron chi connectivity index (χ1n) is 19.5. The van der Waals surface area contributed by atoms with E-state index in [-0.39, 0.29) is 0 Å². The molecular formula is C54H34N2O. The lowest BCUT2D eigenvalue weighted by Crippen LogP contribution is -1.97. The molecule has 3 aromatic heterocycles. The van der Waals surface area contributed by atoms with E-state index in [1.807, 2.05) is 6.07 Å². The van der Waals surface area contributed by atoms with Crippen molar-refractivity contribution in [2.24, 2.45) is 0 Å². The van der Waals surface area contributed by atoms with E-state index in [0.717, 1.165) is 49.9 Å². The van der Waals surface area contributed by atoms with Gasteiger partial charge in [-0.3, -0.25) is 0 Å². The van der Waals surface area contributed by atoms with Crippen molar-refractivity contribution in [3.63, 3.8) is 0 Å². The fraction of sp³-hybridized carbons (Fsp3) is 0. The van der Waals surface area contributed by atoms with Crippen molar-refractivity contribution < 1.29 is 4.42 Å². The number of hydrogen-bond donors (Lipinski definition) is 0. The van der Waals surface area contributed by atoms with Gasteiger partial charge < -0.3 is 13.6 Å². The monoisotopic (exact) mass is 726 g/mol. The quantitative estimate of drug-likeness (QED) is 0.173. The highest BCUT2D eigenvalue weighted by molar-refractivity contribution is 6.17. The second-order valence-corrected chi connectivity index (χ2v) is 14.9. The Hall–Kier alpha value is -7.62. The zero-order chi connectivity index (χ0) is 37.5. The van der Waals surface area contributed by atoms with E-state index in [0.29, 0.717) is 0 Å². The van der Waals surface area contributed by atoms with E-state index < -0.39 is 0 Å². The highest BCUT2D eigenvalue weighted by Crippen LogP contribution is 2.44.